The minimum Gasteiger partial charge on any atom is -0.507 e. The summed E-state index contributed by atoms with van der Waals surface area (Å²) < 4.78 is 2.20. The van der Waals surface area contributed by atoms with Crippen molar-refractivity contribution in [1.82, 2.24) is 19.7 Å². The minimum atomic E-state index is 0.133. The van der Waals surface area contributed by atoms with Crippen molar-refractivity contribution in [2.75, 3.05) is 20.1 Å². The third kappa shape index (κ3) is 3.29. The molecule has 3 heterocycles. The normalized spacial score (nSPS) is 18.5. The first-order valence-electron chi connectivity index (χ1n) is 9.02. The lowest BCUT2D eigenvalue weighted by molar-refractivity contribution is 0.195. The van der Waals surface area contributed by atoms with Crippen LogP contribution in [-0.4, -0.2) is 44.9 Å². The van der Waals surface area contributed by atoms with Crippen LogP contribution >= 0.6 is 11.6 Å². The van der Waals surface area contributed by atoms with Gasteiger partial charge in [-0.2, -0.15) is 0 Å². The Balaban J connectivity index is 1.66. The van der Waals surface area contributed by atoms with E-state index in [-0.39, 0.29) is 5.75 Å². The summed E-state index contributed by atoms with van der Waals surface area (Å²) in [6.07, 6.45) is 4.60. The molecule has 0 unspecified atom stereocenters. The van der Waals surface area contributed by atoms with Crippen molar-refractivity contribution in [3.63, 3.8) is 0 Å². The third-order valence-corrected chi connectivity index (χ3v) is 5.44. The number of aromatic nitrogens is 3. The Hall–Kier alpha value is -2.11. The van der Waals surface area contributed by atoms with Gasteiger partial charge >= 0.3 is 0 Å². The molecule has 1 aliphatic heterocycles. The van der Waals surface area contributed by atoms with E-state index in [9.17, 15) is 5.11 Å². The first-order valence-corrected chi connectivity index (χ1v) is 9.39. The second kappa shape index (κ2) is 6.89. The van der Waals surface area contributed by atoms with E-state index in [1.807, 2.05) is 19.1 Å². The molecular formula is C20H23ClN4O. The summed E-state index contributed by atoms with van der Waals surface area (Å²) in [4.78, 5) is 2.40. The number of likely N-dealkylation sites (tertiary alicyclic amines) is 1. The van der Waals surface area contributed by atoms with Crippen molar-refractivity contribution in [2.24, 2.45) is 5.92 Å². The van der Waals surface area contributed by atoms with Crippen LogP contribution < -0.4 is 0 Å². The van der Waals surface area contributed by atoms with Gasteiger partial charge in [0.05, 0.1) is 5.69 Å². The van der Waals surface area contributed by atoms with Gasteiger partial charge in [0, 0.05) is 35.3 Å². The molecule has 0 amide bonds. The molecule has 0 saturated carbocycles. The molecule has 1 aromatic carbocycles. The van der Waals surface area contributed by atoms with Crippen molar-refractivity contribution in [3.8, 4) is 17.0 Å². The average Bonchev–Trinajstić information content (AvgIpc) is 2.96. The number of phenolic OH excluding ortho intramolecular Hbond substituents is 1. The highest BCUT2D eigenvalue weighted by atomic mass is 35.5. The van der Waals surface area contributed by atoms with Gasteiger partial charge in [-0.05, 0) is 69.1 Å². The first-order chi connectivity index (χ1) is 12.5. The number of piperidine rings is 1. The molecule has 0 aliphatic carbocycles. The number of hydrogen-bond donors (Lipinski definition) is 1. The molecule has 1 N–H and O–H groups in total. The van der Waals surface area contributed by atoms with Crippen LogP contribution in [0.4, 0.5) is 0 Å². The van der Waals surface area contributed by atoms with Crippen LogP contribution in [-0.2, 0) is 6.54 Å². The zero-order valence-corrected chi connectivity index (χ0v) is 15.9. The summed E-state index contributed by atoms with van der Waals surface area (Å²) in [6, 6.07) is 7.43. The van der Waals surface area contributed by atoms with Crippen molar-refractivity contribution in [1.29, 1.82) is 0 Å². The summed E-state index contributed by atoms with van der Waals surface area (Å²) in [5.41, 5.74) is 3.13. The summed E-state index contributed by atoms with van der Waals surface area (Å²) in [6.45, 7) is 5.20. The molecule has 1 fully saturated rings. The Kier molecular flexibility index (Phi) is 4.59. The topological polar surface area (TPSA) is 54.2 Å². The van der Waals surface area contributed by atoms with Crippen molar-refractivity contribution < 1.29 is 5.11 Å². The summed E-state index contributed by atoms with van der Waals surface area (Å²) in [7, 11) is 2.19. The minimum absolute atomic E-state index is 0.133. The molecule has 6 heteroatoms. The largest absolute Gasteiger partial charge is 0.507 e. The van der Waals surface area contributed by atoms with Gasteiger partial charge in [0.15, 0.2) is 5.65 Å². The van der Waals surface area contributed by atoms with Crippen LogP contribution in [0.15, 0.2) is 30.5 Å². The highest BCUT2D eigenvalue weighted by molar-refractivity contribution is 6.31. The van der Waals surface area contributed by atoms with Crippen LogP contribution in [0.3, 0.4) is 0 Å². The summed E-state index contributed by atoms with van der Waals surface area (Å²) in [5, 5.41) is 20.7. The van der Waals surface area contributed by atoms with Gasteiger partial charge in [-0.1, -0.05) is 11.6 Å². The SMILES string of the molecule is Cc1cc(Cl)cc(O)c1-c1cc2ccn(C[C@@H]3CCCN(C)C3)c2nn1. The molecule has 3 aromatic rings. The highest BCUT2D eigenvalue weighted by Gasteiger charge is 2.19. The van der Waals surface area contributed by atoms with E-state index in [2.05, 4.69) is 39.0 Å². The maximum atomic E-state index is 10.3. The standard InChI is InChI=1S/C20H23ClN4O/c1-13-8-16(21)10-18(26)19(13)17-9-15-5-7-25(20(15)23-22-17)12-14-4-3-6-24(2)11-14/h5,7-10,14,26H,3-4,6,11-12H2,1-2H3/t14-/m1/s1. The van der Waals surface area contributed by atoms with Crippen molar-refractivity contribution in [2.45, 2.75) is 26.3 Å². The van der Waals surface area contributed by atoms with E-state index in [1.165, 1.54) is 19.4 Å². The smallest absolute Gasteiger partial charge is 0.162 e. The zero-order chi connectivity index (χ0) is 18.3. The predicted molar refractivity (Wildman–Crippen MR) is 105 cm³/mol. The summed E-state index contributed by atoms with van der Waals surface area (Å²) in [5.74, 6) is 0.779. The van der Waals surface area contributed by atoms with Gasteiger partial charge in [0.2, 0.25) is 0 Å². The van der Waals surface area contributed by atoms with Crippen LogP contribution in [0.1, 0.15) is 18.4 Å². The van der Waals surface area contributed by atoms with Crippen molar-refractivity contribution in [3.05, 3.63) is 41.0 Å². The van der Waals surface area contributed by atoms with Gasteiger partial charge < -0.3 is 14.6 Å². The Morgan fingerprint density at radius 2 is 2.12 bits per heavy atom. The molecule has 26 heavy (non-hydrogen) atoms. The predicted octanol–water partition coefficient (Wildman–Crippen LogP) is 4.11. The van der Waals surface area contributed by atoms with Crippen LogP contribution in [0.25, 0.3) is 22.3 Å². The molecule has 0 spiro atoms. The Morgan fingerprint density at radius 1 is 1.27 bits per heavy atom. The number of fused-ring (bicyclic) bond motifs is 1. The van der Waals surface area contributed by atoms with E-state index in [1.54, 1.807) is 6.07 Å². The van der Waals surface area contributed by atoms with Crippen molar-refractivity contribution >= 4 is 22.6 Å². The number of rotatable bonds is 3. The maximum absolute atomic E-state index is 10.3. The van der Waals surface area contributed by atoms with Gasteiger partial charge in [0.1, 0.15) is 5.75 Å². The van der Waals surface area contributed by atoms with Gasteiger partial charge in [-0.3, -0.25) is 0 Å². The fourth-order valence-electron chi connectivity index (χ4n) is 4.02. The number of halogens is 1. The lowest BCUT2D eigenvalue weighted by atomic mass is 9.98. The molecule has 4 rings (SSSR count). The molecule has 0 bridgehead atoms. The quantitative estimate of drug-likeness (QED) is 0.753. The molecule has 1 atom stereocenters. The van der Waals surface area contributed by atoms with E-state index >= 15 is 0 Å². The van der Waals surface area contributed by atoms with E-state index in [0.717, 1.165) is 29.7 Å². The van der Waals surface area contributed by atoms with Crippen LogP contribution in [0, 0.1) is 12.8 Å². The Bertz CT molecular complexity index is 929. The van der Waals surface area contributed by atoms with E-state index in [0.29, 0.717) is 22.2 Å². The lowest BCUT2D eigenvalue weighted by Gasteiger charge is -2.29. The molecule has 5 nitrogen and oxygen atoms in total. The number of aryl methyl sites for hydroxylation is 1. The lowest BCUT2D eigenvalue weighted by Crippen LogP contribution is -2.34. The summed E-state index contributed by atoms with van der Waals surface area (Å²) >= 11 is 6.01. The molecule has 136 valence electrons. The van der Waals surface area contributed by atoms with E-state index in [4.69, 9.17) is 11.6 Å². The second-order valence-corrected chi connectivity index (χ2v) is 7.80. The van der Waals surface area contributed by atoms with Gasteiger partial charge in [0.25, 0.3) is 0 Å². The maximum Gasteiger partial charge on any atom is 0.162 e. The highest BCUT2D eigenvalue weighted by Crippen LogP contribution is 2.34. The number of aromatic hydroxyl groups is 1. The molecule has 1 aliphatic rings. The molecular weight excluding hydrogens is 348 g/mol. The first kappa shape index (κ1) is 17.3. The van der Waals surface area contributed by atoms with Crippen LogP contribution in [0.5, 0.6) is 5.75 Å². The number of hydrogen-bond acceptors (Lipinski definition) is 4. The third-order valence-electron chi connectivity index (χ3n) is 5.22. The average molecular weight is 371 g/mol. The monoisotopic (exact) mass is 370 g/mol. The van der Waals surface area contributed by atoms with Gasteiger partial charge in [-0.15, -0.1) is 10.2 Å². The Morgan fingerprint density at radius 3 is 2.88 bits per heavy atom. The van der Waals surface area contributed by atoms with Crippen LogP contribution in [0.2, 0.25) is 5.02 Å². The zero-order valence-electron chi connectivity index (χ0n) is 15.1. The fraction of sp³-hybridized carbons (Fsp3) is 0.400. The molecule has 0 radical (unpaired) electrons. The number of benzene rings is 1. The van der Waals surface area contributed by atoms with Gasteiger partial charge in [-0.25, -0.2) is 0 Å². The molecule has 1 saturated heterocycles. The van der Waals surface area contributed by atoms with E-state index < -0.39 is 0 Å². The number of nitrogens with zero attached hydrogens (tertiary/aromatic N) is 4. The number of phenols is 1. The Labute approximate surface area is 158 Å². The second-order valence-electron chi connectivity index (χ2n) is 7.36. The molecule has 2 aromatic heterocycles. The fourth-order valence-corrected chi connectivity index (χ4v) is 4.28.